The van der Waals surface area contributed by atoms with Crippen LogP contribution in [0.15, 0.2) is 34.8 Å². The molecular weight excluding hydrogens is 350 g/mol. The zero-order chi connectivity index (χ0) is 15.9. The Kier molecular flexibility index (Phi) is 3.95. The molecule has 116 valence electrons. The first-order chi connectivity index (χ1) is 10.5. The highest BCUT2D eigenvalue weighted by Gasteiger charge is 2.51. The lowest BCUT2D eigenvalue weighted by molar-refractivity contribution is -0.146. The van der Waals surface area contributed by atoms with Crippen LogP contribution in [-0.4, -0.2) is 24.1 Å². The lowest BCUT2D eigenvalue weighted by atomic mass is 9.82. The fourth-order valence-electron chi connectivity index (χ4n) is 3.48. The van der Waals surface area contributed by atoms with Crippen LogP contribution in [0.3, 0.4) is 0 Å². The van der Waals surface area contributed by atoms with Gasteiger partial charge >= 0.3 is 5.97 Å². The molecule has 4 unspecified atom stereocenters. The molecular formula is C16H16BrNO4. The Hall–Kier alpha value is -1.82. The number of carbonyl (C=O) groups is 2. The van der Waals surface area contributed by atoms with Crippen molar-refractivity contribution in [1.29, 1.82) is 0 Å². The molecule has 3 rings (SSSR count). The normalized spacial score (nSPS) is 28.6. The predicted molar refractivity (Wildman–Crippen MR) is 84.7 cm³/mol. The summed E-state index contributed by atoms with van der Waals surface area (Å²) in [7, 11) is 1.55. The van der Waals surface area contributed by atoms with Crippen molar-refractivity contribution in [3.8, 4) is 5.75 Å². The average molecular weight is 366 g/mol. The molecule has 5 nitrogen and oxygen atoms in total. The van der Waals surface area contributed by atoms with Crippen LogP contribution in [0.2, 0.25) is 0 Å². The van der Waals surface area contributed by atoms with E-state index in [2.05, 4.69) is 21.2 Å². The molecule has 0 radical (unpaired) electrons. The second kappa shape index (κ2) is 5.76. The second-order valence-electron chi connectivity index (χ2n) is 5.68. The van der Waals surface area contributed by atoms with E-state index in [4.69, 9.17) is 4.74 Å². The Bertz CT molecular complexity index is 658. The Labute approximate surface area is 136 Å². The van der Waals surface area contributed by atoms with Gasteiger partial charge in [0.1, 0.15) is 5.75 Å². The molecule has 1 fully saturated rings. The lowest BCUT2D eigenvalue weighted by Crippen LogP contribution is -2.36. The van der Waals surface area contributed by atoms with Gasteiger partial charge in [-0.15, -0.1) is 0 Å². The number of rotatable bonds is 4. The van der Waals surface area contributed by atoms with Crippen LogP contribution >= 0.6 is 15.9 Å². The summed E-state index contributed by atoms with van der Waals surface area (Å²) in [6.07, 6.45) is 4.64. The fourth-order valence-corrected chi connectivity index (χ4v) is 3.89. The highest BCUT2D eigenvalue weighted by Crippen LogP contribution is 2.48. The van der Waals surface area contributed by atoms with E-state index >= 15 is 0 Å². The number of amides is 1. The minimum atomic E-state index is -0.898. The van der Waals surface area contributed by atoms with Crippen LogP contribution < -0.4 is 10.1 Å². The number of fused-ring (bicyclic) bond motifs is 2. The third-order valence-electron chi connectivity index (χ3n) is 4.47. The zero-order valence-electron chi connectivity index (χ0n) is 12.0. The van der Waals surface area contributed by atoms with Crippen molar-refractivity contribution in [2.75, 3.05) is 12.4 Å². The highest BCUT2D eigenvalue weighted by molar-refractivity contribution is 9.10. The van der Waals surface area contributed by atoms with E-state index in [0.29, 0.717) is 11.4 Å². The van der Waals surface area contributed by atoms with E-state index in [0.717, 1.165) is 10.9 Å². The number of halogens is 1. The quantitative estimate of drug-likeness (QED) is 0.804. The topological polar surface area (TPSA) is 75.6 Å². The maximum Gasteiger partial charge on any atom is 0.307 e. The maximum absolute atomic E-state index is 12.5. The summed E-state index contributed by atoms with van der Waals surface area (Å²) in [5.41, 5.74) is 0.598. The van der Waals surface area contributed by atoms with Crippen LogP contribution in [0.5, 0.6) is 5.75 Å². The molecule has 22 heavy (non-hydrogen) atoms. The van der Waals surface area contributed by atoms with Crippen LogP contribution in [-0.2, 0) is 9.59 Å². The van der Waals surface area contributed by atoms with Gasteiger partial charge in [-0.1, -0.05) is 12.2 Å². The van der Waals surface area contributed by atoms with Crippen LogP contribution in [0.1, 0.15) is 6.42 Å². The van der Waals surface area contributed by atoms with E-state index in [-0.39, 0.29) is 17.7 Å². The van der Waals surface area contributed by atoms with E-state index in [1.807, 2.05) is 12.2 Å². The first kappa shape index (κ1) is 15.1. The molecule has 0 spiro atoms. The first-order valence-corrected chi connectivity index (χ1v) is 7.86. The number of hydrogen-bond donors (Lipinski definition) is 2. The molecule has 0 heterocycles. The van der Waals surface area contributed by atoms with Gasteiger partial charge < -0.3 is 15.2 Å². The molecule has 2 aliphatic carbocycles. The van der Waals surface area contributed by atoms with E-state index < -0.39 is 17.8 Å². The molecule has 0 aromatic heterocycles. The van der Waals surface area contributed by atoms with E-state index in [1.165, 1.54) is 0 Å². The summed E-state index contributed by atoms with van der Waals surface area (Å²) in [5, 5.41) is 12.2. The van der Waals surface area contributed by atoms with Gasteiger partial charge in [-0.2, -0.15) is 0 Å². The zero-order valence-corrected chi connectivity index (χ0v) is 13.5. The monoisotopic (exact) mass is 365 g/mol. The smallest absolute Gasteiger partial charge is 0.307 e. The lowest BCUT2D eigenvalue weighted by Gasteiger charge is -2.24. The van der Waals surface area contributed by atoms with Gasteiger partial charge in [0.05, 0.1) is 23.4 Å². The van der Waals surface area contributed by atoms with Gasteiger partial charge in [-0.05, 0) is 46.3 Å². The molecule has 1 amide bonds. The number of allylic oxidation sites excluding steroid dienone is 2. The van der Waals surface area contributed by atoms with Gasteiger partial charge in [0.15, 0.2) is 0 Å². The van der Waals surface area contributed by atoms with Crippen molar-refractivity contribution in [2.45, 2.75) is 6.42 Å². The summed E-state index contributed by atoms with van der Waals surface area (Å²) >= 11 is 3.35. The van der Waals surface area contributed by atoms with E-state index in [1.54, 1.807) is 25.3 Å². The number of carbonyl (C=O) groups excluding carboxylic acids is 1. The summed E-state index contributed by atoms with van der Waals surface area (Å²) in [6.45, 7) is 0. The van der Waals surface area contributed by atoms with Gasteiger partial charge in [-0.3, -0.25) is 9.59 Å². The van der Waals surface area contributed by atoms with Crippen LogP contribution in [0.25, 0.3) is 0 Å². The maximum atomic E-state index is 12.5. The van der Waals surface area contributed by atoms with Gasteiger partial charge in [-0.25, -0.2) is 0 Å². The molecule has 4 atom stereocenters. The summed E-state index contributed by atoms with van der Waals surface area (Å²) in [4.78, 5) is 24.0. The molecule has 1 saturated carbocycles. The van der Waals surface area contributed by atoms with Crippen molar-refractivity contribution in [3.63, 3.8) is 0 Å². The number of ether oxygens (including phenoxy) is 1. The molecule has 1 aromatic rings. The number of hydrogen-bond acceptors (Lipinski definition) is 3. The Morgan fingerprint density at radius 3 is 2.59 bits per heavy atom. The predicted octanol–water partition coefficient (Wildman–Crippen LogP) is 2.92. The average Bonchev–Trinajstić information content (AvgIpc) is 3.09. The minimum absolute atomic E-state index is 0.0171. The van der Waals surface area contributed by atoms with Crippen molar-refractivity contribution < 1.29 is 19.4 Å². The molecule has 0 aliphatic heterocycles. The van der Waals surface area contributed by atoms with Gasteiger partial charge in [0.25, 0.3) is 0 Å². The second-order valence-corrected chi connectivity index (χ2v) is 6.53. The van der Waals surface area contributed by atoms with Crippen molar-refractivity contribution >= 4 is 33.5 Å². The van der Waals surface area contributed by atoms with E-state index in [9.17, 15) is 14.7 Å². The molecule has 0 saturated heterocycles. The Morgan fingerprint density at radius 2 is 1.95 bits per heavy atom. The number of methoxy groups -OCH3 is 1. The van der Waals surface area contributed by atoms with Gasteiger partial charge in [0.2, 0.25) is 5.91 Å². The largest absolute Gasteiger partial charge is 0.495 e. The minimum Gasteiger partial charge on any atom is -0.495 e. The number of benzene rings is 1. The van der Waals surface area contributed by atoms with Crippen LogP contribution in [0.4, 0.5) is 5.69 Å². The summed E-state index contributed by atoms with van der Waals surface area (Å²) in [6, 6.07) is 5.24. The number of nitrogens with one attached hydrogen (secondary N) is 1. The first-order valence-electron chi connectivity index (χ1n) is 7.07. The molecule has 2 bridgehead atoms. The molecule has 2 N–H and O–H groups in total. The Morgan fingerprint density at radius 1 is 1.27 bits per heavy atom. The number of anilines is 1. The molecule has 2 aliphatic rings. The number of carboxylic acid groups (broad SMARTS) is 1. The summed E-state index contributed by atoms with van der Waals surface area (Å²) < 4.78 is 5.99. The molecule has 6 heteroatoms. The number of carboxylic acids is 1. The Balaban J connectivity index is 1.80. The third kappa shape index (κ3) is 2.52. The third-order valence-corrected chi connectivity index (χ3v) is 5.12. The number of aliphatic carboxylic acids is 1. The standard InChI is InChI=1S/C16H16BrNO4/c1-22-12-7-10(4-5-11(12)17)18-15(19)13-8-2-3-9(6-8)14(13)16(20)21/h2-5,7-9,13-14H,6H2,1H3,(H,18,19)(H,20,21). The molecule has 1 aromatic carbocycles. The fraction of sp³-hybridized carbons (Fsp3) is 0.375. The SMILES string of the molecule is COc1cc(NC(=O)C2C3C=CC(C3)C2C(=O)O)ccc1Br. The summed E-state index contributed by atoms with van der Waals surface area (Å²) in [5.74, 6) is -1.69. The van der Waals surface area contributed by atoms with Crippen molar-refractivity contribution in [1.82, 2.24) is 0 Å². The highest BCUT2D eigenvalue weighted by atomic mass is 79.9. The van der Waals surface area contributed by atoms with Crippen molar-refractivity contribution in [2.24, 2.45) is 23.7 Å². The van der Waals surface area contributed by atoms with Crippen LogP contribution in [0, 0.1) is 23.7 Å². The van der Waals surface area contributed by atoms with Crippen molar-refractivity contribution in [3.05, 3.63) is 34.8 Å². The van der Waals surface area contributed by atoms with Gasteiger partial charge in [0, 0.05) is 11.8 Å².